The molecule has 0 spiro atoms. The van der Waals surface area contributed by atoms with Gasteiger partial charge in [0.2, 0.25) is 11.7 Å². The van der Waals surface area contributed by atoms with Crippen molar-refractivity contribution in [3.63, 3.8) is 0 Å². The van der Waals surface area contributed by atoms with Gasteiger partial charge in [-0.15, -0.1) is 0 Å². The second-order valence-electron chi connectivity index (χ2n) is 4.99. The summed E-state index contributed by atoms with van der Waals surface area (Å²) in [5.41, 5.74) is -0.839. The van der Waals surface area contributed by atoms with Gasteiger partial charge >= 0.3 is 5.69 Å². The summed E-state index contributed by atoms with van der Waals surface area (Å²) in [6.45, 7) is 0. The summed E-state index contributed by atoms with van der Waals surface area (Å²) in [7, 11) is -3.79. The Bertz CT molecular complexity index is 914. The molecule has 7 nitrogen and oxygen atoms in total. The molecule has 0 saturated heterocycles. The molecule has 2 aromatic carbocycles. The molecule has 0 atom stereocenters. The zero-order chi connectivity index (χ0) is 18.6. The molecule has 0 aromatic heterocycles. The summed E-state index contributed by atoms with van der Waals surface area (Å²) in [4.78, 5) is 21.4. The topological polar surface area (TPSA) is 106 Å². The predicted octanol–water partition coefficient (Wildman–Crippen LogP) is 2.68. The average molecular weight is 370 g/mol. The molecule has 1 N–H and O–H groups in total. The maximum atomic E-state index is 13.2. The molecule has 0 unspecified atom stereocenters. The highest BCUT2D eigenvalue weighted by Gasteiger charge is 2.18. The Morgan fingerprint density at radius 3 is 2.36 bits per heavy atom. The van der Waals surface area contributed by atoms with E-state index in [1.165, 1.54) is 0 Å². The third kappa shape index (κ3) is 4.80. The fraction of sp³-hybridized carbons (Fsp3) is 0.133. The monoisotopic (exact) mass is 370 g/mol. The van der Waals surface area contributed by atoms with Gasteiger partial charge in [-0.3, -0.25) is 14.9 Å². The number of amides is 1. The number of carbonyl (C=O) groups excluding carboxylic acids is 1. The largest absolute Gasteiger partial charge is 0.326 e. The average Bonchev–Trinajstić information content (AvgIpc) is 2.55. The molecule has 25 heavy (non-hydrogen) atoms. The minimum absolute atomic E-state index is 0.0303. The Labute approximate surface area is 141 Å². The van der Waals surface area contributed by atoms with Gasteiger partial charge in [-0.2, -0.15) is 4.39 Å². The first-order chi connectivity index (χ1) is 11.7. The minimum atomic E-state index is -3.79. The van der Waals surface area contributed by atoms with Crippen LogP contribution in [0.3, 0.4) is 0 Å². The SMILES string of the molecule is O=C(CCS(=O)(=O)c1ccc(F)cc1)Nc1ccc(F)c([N+](=O)[O-])c1. The number of sulfone groups is 1. The predicted molar refractivity (Wildman–Crippen MR) is 84.8 cm³/mol. The standard InChI is InChI=1S/C15H12F2N2O5S/c16-10-1-4-12(5-2-10)25(23,24)8-7-15(20)18-11-3-6-13(17)14(9-11)19(21)22/h1-6,9H,7-8H2,(H,18,20). The number of hydrogen-bond acceptors (Lipinski definition) is 5. The first-order valence-corrected chi connectivity index (χ1v) is 8.56. The maximum absolute atomic E-state index is 13.2. The lowest BCUT2D eigenvalue weighted by atomic mass is 10.2. The van der Waals surface area contributed by atoms with Crippen molar-refractivity contribution < 1.29 is 26.9 Å². The Kier molecular flexibility index (Phi) is 5.42. The highest BCUT2D eigenvalue weighted by molar-refractivity contribution is 7.91. The van der Waals surface area contributed by atoms with Gasteiger partial charge < -0.3 is 5.32 Å². The van der Waals surface area contributed by atoms with Crippen molar-refractivity contribution in [1.29, 1.82) is 0 Å². The van der Waals surface area contributed by atoms with Gasteiger partial charge in [-0.1, -0.05) is 0 Å². The number of hydrogen-bond donors (Lipinski definition) is 1. The van der Waals surface area contributed by atoms with E-state index >= 15 is 0 Å². The number of benzene rings is 2. The lowest BCUT2D eigenvalue weighted by molar-refractivity contribution is -0.387. The summed E-state index contributed by atoms with van der Waals surface area (Å²) in [5.74, 6) is -2.89. The van der Waals surface area contributed by atoms with Crippen LogP contribution in [0.25, 0.3) is 0 Å². The minimum Gasteiger partial charge on any atom is -0.326 e. The zero-order valence-corrected chi connectivity index (χ0v) is 13.4. The van der Waals surface area contributed by atoms with Crippen LogP contribution in [0.2, 0.25) is 0 Å². The first-order valence-electron chi connectivity index (χ1n) is 6.91. The van der Waals surface area contributed by atoms with E-state index in [0.29, 0.717) is 0 Å². The molecule has 0 bridgehead atoms. The molecule has 132 valence electrons. The lowest BCUT2D eigenvalue weighted by Crippen LogP contribution is -2.17. The number of nitrogens with one attached hydrogen (secondary N) is 1. The van der Waals surface area contributed by atoms with E-state index in [9.17, 15) is 32.1 Å². The Balaban J connectivity index is 2.02. The van der Waals surface area contributed by atoms with Gasteiger partial charge in [0.1, 0.15) is 5.82 Å². The van der Waals surface area contributed by atoms with Gasteiger partial charge in [0.25, 0.3) is 0 Å². The number of halogens is 2. The van der Waals surface area contributed by atoms with Crippen molar-refractivity contribution in [2.75, 3.05) is 11.1 Å². The van der Waals surface area contributed by atoms with Gasteiger partial charge in [-0.25, -0.2) is 12.8 Å². The van der Waals surface area contributed by atoms with Gasteiger partial charge in [0.05, 0.1) is 15.6 Å². The van der Waals surface area contributed by atoms with Crippen molar-refractivity contribution in [3.8, 4) is 0 Å². The summed E-state index contributed by atoms with van der Waals surface area (Å²) >= 11 is 0. The molecule has 0 radical (unpaired) electrons. The molecule has 2 aromatic rings. The summed E-state index contributed by atoms with van der Waals surface area (Å²) in [6, 6.07) is 6.94. The van der Waals surface area contributed by atoms with Crippen LogP contribution in [0.15, 0.2) is 47.4 Å². The van der Waals surface area contributed by atoms with Crippen molar-refractivity contribution in [1.82, 2.24) is 0 Å². The Morgan fingerprint density at radius 2 is 1.76 bits per heavy atom. The van der Waals surface area contributed by atoms with Crippen LogP contribution in [-0.2, 0) is 14.6 Å². The van der Waals surface area contributed by atoms with Crippen molar-refractivity contribution in [2.45, 2.75) is 11.3 Å². The lowest BCUT2D eigenvalue weighted by Gasteiger charge is -2.07. The molecule has 0 fully saturated rings. The first kappa shape index (κ1) is 18.5. The van der Waals surface area contributed by atoms with E-state index < -0.39 is 50.2 Å². The van der Waals surface area contributed by atoms with Crippen molar-refractivity contribution >= 4 is 27.1 Å². The molecule has 10 heteroatoms. The second kappa shape index (κ2) is 7.34. The van der Waals surface area contributed by atoms with Crippen LogP contribution in [0.5, 0.6) is 0 Å². The molecule has 0 saturated carbocycles. The van der Waals surface area contributed by atoms with E-state index in [-0.39, 0.29) is 10.6 Å². The molecular weight excluding hydrogens is 358 g/mol. The third-order valence-corrected chi connectivity index (χ3v) is 4.93. The van der Waals surface area contributed by atoms with Crippen LogP contribution >= 0.6 is 0 Å². The fourth-order valence-corrected chi connectivity index (χ4v) is 3.18. The molecule has 0 heterocycles. The maximum Gasteiger partial charge on any atom is 0.306 e. The molecule has 2 rings (SSSR count). The smallest absolute Gasteiger partial charge is 0.306 e. The molecular formula is C15H12F2N2O5S. The van der Waals surface area contributed by atoms with Crippen LogP contribution < -0.4 is 5.32 Å². The van der Waals surface area contributed by atoms with E-state index in [4.69, 9.17) is 0 Å². The van der Waals surface area contributed by atoms with Gasteiger partial charge in [-0.05, 0) is 36.4 Å². The third-order valence-electron chi connectivity index (χ3n) is 3.20. The number of nitro benzene ring substituents is 1. The second-order valence-corrected chi connectivity index (χ2v) is 7.10. The number of carbonyl (C=O) groups is 1. The van der Waals surface area contributed by atoms with E-state index in [1.54, 1.807) is 0 Å². The fourth-order valence-electron chi connectivity index (χ4n) is 1.94. The highest BCUT2D eigenvalue weighted by atomic mass is 32.2. The van der Waals surface area contributed by atoms with Crippen LogP contribution in [0.4, 0.5) is 20.2 Å². The molecule has 0 aliphatic heterocycles. The highest BCUT2D eigenvalue weighted by Crippen LogP contribution is 2.22. The number of rotatable bonds is 6. The number of nitro groups is 1. The van der Waals surface area contributed by atoms with E-state index in [1.807, 2.05) is 0 Å². The van der Waals surface area contributed by atoms with E-state index in [0.717, 1.165) is 42.5 Å². The van der Waals surface area contributed by atoms with Gasteiger partial charge in [0.15, 0.2) is 9.84 Å². The summed E-state index contributed by atoms with van der Waals surface area (Å²) in [5, 5.41) is 12.9. The van der Waals surface area contributed by atoms with E-state index in [2.05, 4.69) is 5.32 Å². The van der Waals surface area contributed by atoms with Crippen molar-refractivity contribution in [3.05, 3.63) is 64.2 Å². The molecule has 1 amide bonds. The quantitative estimate of drug-likeness (QED) is 0.478. The number of anilines is 1. The summed E-state index contributed by atoms with van der Waals surface area (Å²) < 4.78 is 50.1. The van der Waals surface area contributed by atoms with Crippen molar-refractivity contribution in [2.24, 2.45) is 0 Å². The van der Waals surface area contributed by atoms with Crippen LogP contribution in [-0.4, -0.2) is 25.0 Å². The van der Waals surface area contributed by atoms with Gasteiger partial charge in [0, 0.05) is 18.2 Å². The Hall–Kier alpha value is -2.88. The zero-order valence-electron chi connectivity index (χ0n) is 12.6. The molecule has 0 aliphatic rings. The Morgan fingerprint density at radius 1 is 1.12 bits per heavy atom. The normalized spacial score (nSPS) is 11.1. The van der Waals surface area contributed by atoms with Crippen LogP contribution in [0.1, 0.15) is 6.42 Å². The van der Waals surface area contributed by atoms with Crippen LogP contribution in [0, 0.1) is 21.7 Å². The molecule has 0 aliphatic carbocycles. The number of nitrogens with zero attached hydrogens (tertiary/aromatic N) is 1. The summed E-state index contributed by atoms with van der Waals surface area (Å²) in [6.07, 6.45) is -0.426.